The van der Waals surface area contributed by atoms with Gasteiger partial charge in [-0.1, -0.05) is 30.3 Å². The minimum absolute atomic E-state index is 0. The van der Waals surface area contributed by atoms with Gasteiger partial charge in [-0.05, 0) is 69.4 Å². The SMILES string of the molecule is O=C1c2cc([C]3[CH][CH][CH][CH]3)nn2CCN1Cc1ccccc1.[CH]1[CH][CH][CH][CH]1.[Fe+2]. The van der Waals surface area contributed by atoms with E-state index in [1.807, 2.05) is 91.6 Å². The van der Waals surface area contributed by atoms with Crippen LogP contribution >= 0.6 is 0 Å². The van der Waals surface area contributed by atoms with Crippen molar-refractivity contribution in [3.8, 4) is 0 Å². The molecule has 2 saturated carbocycles. The number of amides is 1. The fourth-order valence-corrected chi connectivity index (χ4v) is 3.20. The van der Waals surface area contributed by atoms with Crippen LogP contribution in [0.1, 0.15) is 21.7 Å². The van der Waals surface area contributed by atoms with Gasteiger partial charge in [-0.3, -0.25) is 9.48 Å². The van der Waals surface area contributed by atoms with Crippen molar-refractivity contribution in [2.24, 2.45) is 0 Å². The number of hydrogen-bond acceptors (Lipinski definition) is 2. The first-order valence-corrected chi connectivity index (χ1v) is 9.11. The Balaban J connectivity index is 0.000000329. The number of aromatic nitrogens is 2. The zero-order valence-electron chi connectivity index (χ0n) is 15.4. The molecule has 1 amide bonds. The van der Waals surface area contributed by atoms with Gasteiger partial charge in [-0.2, -0.15) is 5.10 Å². The van der Waals surface area contributed by atoms with Gasteiger partial charge in [0, 0.05) is 19.0 Å². The van der Waals surface area contributed by atoms with Gasteiger partial charge in [-0.25, -0.2) is 0 Å². The van der Waals surface area contributed by atoms with Crippen molar-refractivity contribution in [3.63, 3.8) is 0 Å². The topological polar surface area (TPSA) is 38.1 Å². The first kappa shape index (κ1) is 21.1. The van der Waals surface area contributed by atoms with E-state index in [1.165, 1.54) is 0 Å². The average molecular weight is 411 g/mol. The molecule has 140 valence electrons. The van der Waals surface area contributed by atoms with Gasteiger partial charge in [0.05, 0.1) is 12.2 Å². The fraction of sp³-hybridized carbons (Fsp3) is 0.130. The van der Waals surface area contributed by atoms with Gasteiger partial charge in [0.2, 0.25) is 0 Å². The maximum absolute atomic E-state index is 12.7. The number of rotatable bonds is 3. The third-order valence-corrected chi connectivity index (χ3v) is 4.60. The van der Waals surface area contributed by atoms with Crippen LogP contribution in [-0.2, 0) is 30.2 Å². The molecular weight excluding hydrogens is 390 g/mol. The molecule has 4 nitrogen and oxygen atoms in total. The van der Waals surface area contributed by atoms with Crippen molar-refractivity contribution >= 4 is 5.91 Å². The molecule has 1 aromatic carbocycles. The van der Waals surface area contributed by atoms with E-state index in [4.69, 9.17) is 0 Å². The van der Waals surface area contributed by atoms with Crippen molar-refractivity contribution < 1.29 is 21.9 Å². The largest absolute Gasteiger partial charge is 2.00 e. The molecule has 28 heavy (non-hydrogen) atoms. The standard InChI is InChI=1S/C18H16N3O.C5H5.Fe/c22-18-17-12-16(15-8-4-5-9-15)19-21(17)11-10-20(18)13-14-6-2-1-3-7-14;1-2-4-5-3-1;/h1-9,12H,10-11,13H2;1-5H;/q;;+2. The zero-order chi connectivity index (χ0) is 18.5. The summed E-state index contributed by atoms with van der Waals surface area (Å²) < 4.78 is 1.83. The van der Waals surface area contributed by atoms with Crippen LogP contribution in [0.4, 0.5) is 0 Å². The zero-order valence-corrected chi connectivity index (χ0v) is 16.5. The van der Waals surface area contributed by atoms with Crippen molar-refractivity contribution in [2.75, 3.05) is 6.54 Å². The molecule has 5 heteroatoms. The van der Waals surface area contributed by atoms with Crippen LogP contribution in [0.2, 0.25) is 0 Å². The van der Waals surface area contributed by atoms with E-state index in [9.17, 15) is 4.79 Å². The summed E-state index contributed by atoms with van der Waals surface area (Å²) in [5.41, 5.74) is 2.70. The number of carbonyl (C=O) groups excluding carboxylic acids is 1. The van der Waals surface area contributed by atoms with Crippen molar-refractivity contribution in [3.05, 3.63) is 117 Å². The molecular formula is C23H21FeN3O+2. The second-order valence-corrected chi connectivity index (χ2v) is 6.49. The molecule has 0 spiro atoms. The predicted octanol–water partition coefficient (Wildman–Crippen LogP) is 3.31. The van der Waals surface area contributed by atoms with Crippen LogP contribution in [-0.4, -0.2) is 27.1 Å². The molecule has 3 aliphatic rings. The molecule has 5 rings (SSSR count). The van der Waals surface area contributed by atoms with Gasteiger partial charge < -0.3 is 4.90 Å². The molecule has 1 aliphatic heterocycles. The van der Waals surface area contributed by atoms with E-state index in [-0.39, 0.29) is 23.0 Å². The summed E-state index contributed by atoms with van der Waals surface area (Å²) in [4.78, 5) is 14.6. The summed E-state index contributed by atoms with van der Waals surface area (Å²) in [7, 11) is 0. The van der Waals surface area contributed by atoms with Crippen molar-refractivity contribution in [1.29, 1.82) is 0 Å². The van der Waals surface area contributed by atoms with Crippen LogP contribution in [0.25, 0.3) is 0 Å². The Kier molecular flexibility index (Phi) is 7.75. The van der Waals surface area contributed by atoms with Crippen molar-refractivity contribution in [1.82, 2.24) is 14.7 Å². The predicted molar refractivity (Wildman–Crippen MR) is 104 cm³/mol. The molecule has 0 bridgehead atoms. The van der Waals surface area contributed by atoms with Crippen LogP contribution in [0, 0.1) is 63.7 Å². The second kappa shape index (κ2) is 10.3. The van der Waals surface area contributed by atoms with Crippen LogP contribution in [0.15, 0.2) is 36.4 Å². The van der Waals surface area contributed by atoms with Gasteiger partial charge >= 0.3 is 17.1 Å². The Labute approximate surface area is 179 Å². The Hall–Kier alpha value is -1.58. The molecule has 2 fully saturated rings. The van der Waals surface area contributed by atoms with E-state index in [2.05, 4.69) is 17.2 Å². The molecule has 0 saturated heterocycles. The van der Waals surface area contributed by atoms with E-state index in [1.54, 1.807) is 0 Å². The summed E-state index contributed by atoms with van der Waals surface area (Å²) in [6.07, 6.45) is 18.0. The van der Waals surface area contributed by atoms with E-state index in [0.29, 0.717) is 18.8 Å². The summed E-state index contributed by atoms with van der Waals surface area (Å²) in [5, 5.41) is 4.55. The van der Waals surface area contributed by atoms with Gasteiger partial charge in [-0.15, -0.1) is 0 Å². The summed E-state index contributed by atoms with van der Waals surface area (Å²) >= 11 is 0. The van der Waals surface area contributed by atoms with E-state index >= 15 is 0 Å². The van der Waals surface area contributed by atoms with Crippen LogP contribution < -0.4 is 0 Å². The number of hydrogen-bond donors (Lipinski definition) is 0. The number of carbonyl (C=O) groups is 1. The van der Waals surface area contributed by atoms with Crippen molar-refractivity contribution in [2.45, 2.75) is 13.1 Å². The van der Waals surface area contributed by atoms with E-state index in [0.717, 1.165) is 23.7 Å². The molecule has 0 atom stereocenters. The Morgan fingerprint density at radius 2 is 1.50 bits per heavy atom. The third kappa shape index (κ3) is 5.07. The average Bonchev–Trinajstić information content (AvgIpc) is 3.47. The molecule has 2 aliphatic carbocycles. The van der Waals surface area contributed by atoms with Crippen LogP contribution in [0.5, 0.6) is 0 Å². The van der Waals surface area contributed by atoms with Crippen LogP contribution in [0.3, 0.4) is 0 Å². The summed E-state index contributed by atoms with van der Waals surface area (Å²) in [6.45, 7) is 2.09. The summed E-state index contributed by atoms with van der Waals surface area (Å²) in [5.74, 6) is 1.12. The Bertz CT molecular complexity index is 741. The maximum Gasteiger partial charge on any atom is 2.00 e. The first-order valence-electron chi connectivity index (χ1n) is 9.11. The molecule has 1 aromatic heterocycles. The first-order chi connectivity index (χ1) is 13.3. The number of nitrogens with zero attached hydrogens (tertiary/aromatic N) is 3. The minimum Gasteiger partial charge on any atom is -0.331 e. The molecule has 2 heterocycles. The monoisotopic (exact) mass is 411 g/mol. The molecule has 0 unspecified atom stereocenters. The fourth-order valence-electron chi connectivity index (χ4n) is 3.20. The Morgan fingerprint density at radius 3 is 2.14 bits per heavy atom. The molecule has 0 N–H and O–H groups in total. The maximum atomic E-state index is 12.7. The number of fused-ring (bicyclic) bond motifs is 1. The smallest absolute Gasteiger partial charge is 0.331 e. The molecule has 10 radical (unpaired) electrons. The quantitative estimate of drug-likeness (QED) is 0.727. The molecule has 2 aromatic rings. The van der Waals surface area contributed by atoms with E-state index < -0.39 is 0 Å². The summed E-state index contributed by atoms with van der Waals surface area (Å²) in [6, 6.07) is 12.0. The second-order valence-electron chi connectivity index (χ2n) is 6.49. The minimum atomic E-state index is 0. The normalized spacial score (nSPS) is 19.0. The van der Waals surface area contributed by atoms with Gasteiger partial charge in [0.15, 0.2) is 0 Å². The Morgan fingerprint density at radius 1 is 0.857 bits per heavy atom. The van der Waals surface area contributed by atoms with Gasteiger partial charge in [0.1, 0.15) is 5.69 Å². The third-order valence-electron chi connectivity index (χ3n) is 4.60. The number of benzene rings is 1. The van der Waals surface area contributed by atoms with Gasteiger partial charge in [0.25, 0.3) is 5.91 Å².